The first-order chi connectivity index (χ1) is 8.18. The third kappa shape index (κ3) is 3.12. The molecule has 0 radical (unpaired) electrons. The van der Waals surface area contributed by atoms with Gasteiger partial charge in [0, 0.05) is 6.54 Å². The Hall–Kier alpha value is -0.870. The lowest BCUT2D eigenvalue weighted by molar-refractivity contribution is -0.121. The zero-order valence-electron chi connectivity index (χ0n) is 11.7. The minimum atomic E-state index is -0.492. The number of Topliss-reactive ketones (excluding diaryl/α,β-unsaturated/α-hetero) is 1. The largest absolute Gasteiger partial charge is 0.321 e. The van der Waals surface area contributed by atoms with Crippen molar-refractivity contribution in [3.05, 3.63) is 16.4 Å². The molecule has 1 rings (SSSR count). The fourth-order valence-corrected chi connectivity index (χ4v) is 2.00. The molecule has 0 spiro atoms. The van der Waals surface area contributed by atoms with E-state index in [1.165, 1.54) is 0 Å². The molecule has 0 bridgehead atoms. The van der Waals surface area contributed by atoms with E-state index in [-0.39, 0.29) is 17.6 Å². The number of ketones is 1. The normalized spacial score (nSPS) is 13.7. The Bertz CT molecular complexity index is 446. The van der Waals surface area contributed by atoms with Gasteiger partial charge in [-0.1, -0.05) is 32.4 Å². The molecule has 2 N–H and O–H groups in total. The highest BCUT2D eigenvalue weighted by Crippen LogP contribution is 2.24. The van der Waals surface area contributed by atoms with E-state index in [0.29, 0.717) is 11.6 Å². The lowest BCUT2D eigenvalue weighted by atomic mass is 9.83. The molecule has 0 saturated carbocycles. The Kier molecular flexibility index (Phi) is 4.56. The van der Waals surface area contributed by atoms with E-state index in [0.717, 1.165) is 11.4 Å². The molecule has 4 nitrogen and oxygen atoms in total. The SMILES string of the molecule is CCn1nc(C)c(Cl)c1CC(=O)C(N)C(C)(C)C. The first-order valence-corrected chi connectivity index (χ1v) is 6.56. The van der Waals surface area contributed by atoms with E-state index in [4.69, 9.17) is 17.3 Å². The molecule has 1 aromatic heterocycles. The number of carbonyl (C=O) groups excluding carboxylic acids is 1. The van der Waals surface area contributed by atoms with Crippen molar-refractivity contribution in [1.29, 1.82) is 0 Å². The highest BCUT2D eigenvalue weighted by Gasteiger charge is 2.28. The van der Waals surface area contributed by atoms with Gasteiger partial charge in [-0.2, -0.15) is 5.10 Å². The summed E-state index contributed by atoms with van der Waals surface area (Å²) in [5.41, 5.74) is 7.25. The van der Waals surface area contributed by atoms with Crippen LogP contribution < -0.4 is 5.73 Å². The molecule has 0 aliphatic rings. The molecule has 1 unspecified atom stereocenters. The highest BCUT2D eigenvalue weighted by molar-refractivity contribution is 6.32. The molecular formula is C13H22ClN3O. The highest BCUT2D eigenvalue weighted by atomic mass is 35.5. The Morgan fingerprint density at radius 1 is 1.50 bits per heavy atom. The summed E-state index contributed by atoms with van der Waals surface area (Å²) in [6.07, 6.45) is 0.242. The van der Waals surface area contributed by atoms with Crippen LogP contribution in [0.5, 0.6) is 0 Å². The van der Waals surface area contributed by atoms with Gasteiger partial charge in [-0.25, -0.2) is 0 Å². The summed E-state index contributed by atoms with van der Waals surface area (Å²) in [5, 5.41) is 4.87. The zero-order valence-corrected chi connectivity index (χ0v) is 12.5. The maximum Gasteiger partial charge on any atom is 0.156 e. The van der Waals surface area contributed by atoms with E-state index in [2.05, 4.69) is 5.10 Å². The van der Waals surface area contributed by atoms with Gasteiger partial charge in [0.25, 0.3) is 0 Å². The van der Waals surface area contributed by atoms with Crippen LogP contribution >= 0.6 is 11.6 Å². The van der Waals surface area contributed by atoms with Crippen LogP contribution in [0.15, 0.2) is 0 Å². The third-order valence-corrected chi connectivity index (χ3v) is 3.57. The molecule has 18 heavy (non-hydrogen) atoms. The van der Waals surface area contributed by atoms with Gasteiger partial charge in [0.1, 0.15) is 0 Å². The number of halogens is 1. The number of nitrogens with zero attached hydrogens (tertiary/aromatic N) is 2. The van der Waals surface area contributed by atoms with Crippen LogP contribution in [-0.4, -0.2) is 21.6 Å². The zero-order chi connectivity index (χ0) is 14.1. The molecule has 0 aromatic carbocycles. The van der Waals surface area contributed by atoms with E-state index in [1.54, 1.807) is 4.68 Å². The van der Waals surface area contributed by atoms with Crippen molar-refractivity contribution >= 4 is 17.4 Å². The van der Waals surface area contributed by atoms with Crippen LogP contribution in [-0.2, 0) is 17.8 Å². The van der Waals surface area contributed by atoms with Crippen molar-refractivity contribution in [2.45, 2.75) is 53.6 Å². The van der Waals surface area contributed by atoms with Crippen molar-refractivity contribution in [3.8, 4) is 0 Å². The summed E-state index contributed by atoms with van der Waals surface area (Å²) >= 11 is 6.18. The van der Waals surface area contributed by atoms with Crippen molar-refractivity contribution in [3.63, 3.8) is 0 Å². The molecule has 0 aliphatic carbocycles. The van der Waals surface area contributed by atoms with Crippen molar-refractivity contribution < 1.29 is 4.79 Å². The van der Waals surface area contributed by atoms with Gasteiger partial charge in [0.15, 0.2) is 5.78 Å². The Morgan fingerprint density at radius 3 is 2.50 bits per heavy atom. The van der Waals surface area contributed by atoms with Crippen LogP contribution in [0.25, 0.3) is 0 Å². The minimum Gasteiger partial charge on any atom is -0.321 e. The average molecular weight is 272 g/mol. The molecule has 102 valence electrons. The molecule has 1 heterocycles. The number of hydrogen-bond donors (Lipinski definition) is 1. The van der Waals surface area contributed by atoms with Gasteiger partial charge >= 0.3 is 0 Å². The first kappa shape index (κ1) is 15.2. The fourth-order valence-electron chi connectivity index (χ4n) is 1.80. The number of aromatic nitrogens is 2. The lowest BCUT2D eigenvalue weighted by Gasteiger charge is -2.25. The standard InChI is InChI=1S/C13H22ClN3O/c1-6-17-9(11(14)8(2)16-17)7-10(18)12(15)13(3,4)5/h12H,6-7,15H2,1-5H3. The quantitative estimate of drug-likeness (QED) is 0.914. The van der Waals surface area contributed by atoms with Gasteiger partial charge in [-0.3, -0.25) is 9.48 Å². The number of nitrogens with two attached hydrogens (primary N) is 1. The number of rotatable bonds is 4. The lowest BCUT2D eigenvalue weighted by Crippen LogP contribution is -2.43. The summed E-state index contributed by atoms with van der Waals surface area (Å²) in [5.74, 6) is -0.000926. The second kappa shape index (κ2) is 5.41. The van der Waals surface area contributed by atoms with Crippen molar-refractivity contribution in [2.75, 3.05) is 0 Å². The van der Waals surface area contributed by atoms with Crippen molar-refractivity contribution in [1.82, 2.24) is 9.78 Å². The molecule has 1 aromatic rings. The van der Waals surface area contributed by atoms with Crippen LogP contribution in [0.4, 0.5) is 0 Å². The number of carbonyl (C=O) groups is 1. The summed E-state index contributed by atoms with van der Waals surface area (Å²) in [4.78, 5) is 12.2. The number of aryl methyl sites for hydroxylation is 2. The Morgan fingerprint density at radius 2 is 2.06 bits per heavy atom. The fraction of sp³-hybridized carbons (Fsp3) is 0.692. The minimum absolute atomic E-state index is 0.000926. The predicted molar refractivity (Wildman–Crippen MR) is 73.8 cm³/mol. The molecule has 1 atom stereocenters. The van der Waals surface area contributed by atoms with Crippen LogP contribution in [0.2, 0.25) is 5.02 Å². The molecule has 0 fully saturated rings. The monoisotopic (exact) mass is 271 g/mol. The number of hydrogen-bond acceptors (Lipinski definition) is 3. The summed E-state index contributed by atoms with van der Waals surface area (Å²) < 4.78 is 1.77. The van der Waals surface area contributed by atoms with E-state index in [9.17, 15) is 4.79 Å². The van der Waals surface area contributed by atoms with Crippen LogP contribution in [0, 0.1) is 12.3 Å². The summed E-state index contributed by atoms with van der Waals surface area (Å²) in [6, 6.07) is -0.492. The van der Waals surface area contributed by atoms with Crippen molar-refractivity contribution in [2.24, 2.45) is 11.1 Å². The predicted octanol–water partition coefficient (Wildman–Crippen LogP) is 2.35. The summed E-state index contributed by atoms with van der Waals surface area (Å²) in [6.45, 7) is 10.4. The average Bonchev–Trinajstić information content (AvgIpc) is 2.54. The second-order valence-corrected chi connectivity index (χ2v) is 6.03. The maximum atomic E-state index is 12.2. The van der Waals surface area contributed by atoms with Crippen LogP contribution in [0.3, 0.4) is 0 Å². The smallest absolute Gasteiger partial charge is 0.156 e. The summed E-state index contributed by atoms with van der Waals surface area (Å²) in [7, 11) is 0. The Balaban J connectivity index is 2.95. The van der Waals surface area contributed by atoms with E-state index in [1.807, 2.05) is 34.6 Å². The van der Waals surface area contributed by atoms with Gasteiger partial charge in [-0.05, 0) is 19.3 Å². The molecular weight excluding hydrogens is 250 g/mol. The van der Waals surface area contributed by atoms with Gasteiger partial charge < -0.3 is 5.73 Å². The third-order valence-electron chi connectivity index (χ3n) is 3.07. The van der Waals surface area contributed by atoms with Gasteiger partial charge in [0.05, 0.1) is 28.9 Å². The molecule has 5 heteroatoms. The van der Waals surface area contributed by atoms with E-state index >= 15 is 0 Å². The van der Waals surface area contributed by atoms with Crippen LogP contribution in [0.1, 0.15) is 39.1 Å². The van der Waals surface area contributed by atoms with Gasteiger partial charge in [-0.15, -0.1) is 0 Å². The second-order valence-electron chi connectivity index (χ2n) is 5.65. The molecule has 0 amide bonds. The topological polar surface area (TPSA) is 60.9 Å². The van der Waals surface area contributed by atoms with Gasteiger partial charge in [0.2, 0.25) is 0 Å². The Labute approximate surface area is 113 Å². The van der Waals surface area contributed by atoms with E-state index < -0.39 is 6.04 Å². The first-order valence-electron chi connectivity index (χ1n) is 6.18. The molecule has 0 saturated heterocycles. The molecule has 0 aliphatic heterocycles. The maximum absolute atomic E-state index is 12.2.